The van der Waals surface area contributed by atoms with Gasteiger partial charge in [-0.2, -0.15) is 0 Å². The van der Waals surface area contributed by atoms with E-state index in [1.807, 2.05) is 48.3 Å². The van der Waals surface area contributed by atoms with Crippen LogP contribution >= 0.6 is 0 Å². The zero-order valence-electron chi connectivity index (χ0n) is 16.1. The molecule has 1 atom stereocenters. The van der Waals surface area contributed by atoms with Crippen LogP contribution in [-0.4, -0.2) is 56.6 Å². The van der Waals surface area contributed by atoms with E-state index in [1.54, 1.807) is 19.2 Å². The summed E-state index contributed by atoms with van der Waals surface area (Å²) in [5.41, 5.74) is 1.64. The minimum absolute atomic E-state index is 0.0769. The molecule has 0 aromatic heterocycles. The van der Waals surface area contributed by atoms with Crippen LogP contribution in [0.15, 0.2) is 48.5 Å². The summed E-state index contributed by atoms with van der Waals surface area (Å²) in [7, 11) is 3.48. The van der Waals surface area contributed by atoms with Crippen LogP contribution < -0.4 is 20.1 Å². The summed E-state index contributed by atoms with van der Waals surface area (Å²) in [6, 6.07) is 14.8. The molecule has 1 aliphatic heterocycles. The van der Waals surface area contributed by atoms with Crippen molar-refractivity contribution in [1.29, 1.82) is 0 Å². The number of benzene rings is 2. The first-order valence-electron chi connectivity index (χ1n) is 9.20. The van der Waals surface area contributed by atoms with Gasteiger partial charge < -0.3 is 20.1 Å². The van der Waals surface area contributed by atoms with Crippen LogP contribution in [0, 0.1) is 0 Å². The average Bonchev–Trinajstić information content (AvgIpc) is 2.72. The van der Waals surface area contributed by atoms with Crippen molar-refractivity contribution in [2.24, 2.45) is 0 Å². The standard InChI is InChI=1S/C21H25N3O4/c1-22-21(26)16-9-7-15(8-10-16)12-24(2)13-20(25)23-11-17-14-27-18-5-3-4-6-19(18)28-17/h3-10,17H,11-14H2,1-2H3,(H,22,26)(H,23,25)/t17-/m0/s1. The largest absolute Gasteiger partial charge is 0.486 e. The molecule has 2 aromatic carbocycles. The van der Waals surface area contributed by atoms with Gasteiger partial charge in [-0.25, -0.2) is 0 Å². The lowest BCUT2D eigenvalue weighted by Gasteiger charge is -2.26. The lowest BCUT2D eigenvalue weighted by Crippen LogP contribution is -2.43. The predicted octanol–water partition coefficient (Wildman–Crippen LogP) is 1.43. The van der Waals surface area contributed by atoms with Crippen molar-refractivity contribution in [3.63, 3.8) is 0 Å². The van der Waals surface area contributed by atoms with E-state index in [1.165, 1.54) is 0 Å². The number of amides is 2. The van der Waals surface area contributed by atoms with Gasteiger partial charge in [-0.3, -0.25) is 14.5 Å². The summed E-state index contributed by atoms with van der Waals surface area (Å²) in [4.78, 5) is 25.7. The van der Waals surface area contributed by atoms with Crippen molar-refractivity contribution < 1.29 is 19.1 Å². The summed E-state index contributed by atoms with van der Waals surface area (Å²) < 4.78 is 11.5. The average molecular weight is 383 g/mol. The topological polar surface area (TPSA) is 79.9 Å². The molecule has 0 bridgehead atoms. The van der Waals surface area contributed by atoms with Crippen LogP contribution in [-0.2, 0) is 11.3 Å². The quantitative estimate of drug-likeness (QED) is 0.756. The molecule has 2 aromatic rings. The number of hydrogen-bond acceptors (Lipinski definition) is 5. The Morgan fingerprint density at radius 3 is 2.54 bits per heavy atom. The molecule has 0 spiro atoms. The molecule has 2 amide bonds. The minimum atomic E-state index is -0.207. The Morgan fingerprint density at radius 2 is 1.82 bits per heavy atom. The van der Waals surface area contributed by atoms with E-state index in [4.69, 9.17) is 9.47 Å². The molecule has 0 radical (unpaired) electrons. The van der Waals surface area contributed by atoms with E-state index >= 15 is 0 Å². The number of nitrogens with one attached hydrogen (secondary N) is 2. The zero-order valence-corrected chi connectivity index (χ0v) is 16.1. The molecule has 3 rings (SSSR count). The fraction of sp³-hybridized carbons (Fsp3) is 0.333. The van der Waals surface area contributed by atoms with Crippen LogP contribution in [0.2, 0.25) is 0 Å². The maximum atomic E-state index is 12.2. The molecule has 2 N–H and O–H groups in total. The van der Waals surface area contributed by atoms with E-state index in [9.17, 15) is 9.59 Å². The van der Waals surface area contributed by atoms with E-state index in [2.05, 4.69) is 10.6 Å². The number of likely N-dealkylation sites (N-methyl/N-ethyl adjacent to an activating group) is 1. The van der Waals surface area contributed by atoms with Crippen LogP contribution in [0.4, 0.5) is 0 Å². The summed E-state index contributed by atoms with van der Waals surface area (Å²) in [5.74, 6) is 1.24. The molecular formula is C21H25N3O4. The highest BCUT2D eigenvalue weighted by Gasteiger charge is 2.21. The van der Waals surface area contributed by atoms with Gasteiger partial charge in [0.25, 0.3) is 5.91 Å². The van der Waals surface area contributed by atoms with Crippen molar-refractivity contribution in [2.45, 2.75) is 12.6 Å². The highest BCUT2D eigenvalue weighted by molar-refractivity contribution is 5.93. The number of carbonyl (C=O) groups is 2. The third-order valence-corrected chi connectivity index (χ3v) is 4.40. The third-order valence-electron chi connectivity index (χ3n) is 4.40. The molecule has 0 saturated heterocycles. The second-order valence-electron chi connectivity index (χ2n) is 6.75. The fourth-order valence-electron chi connectivity index (χ4n) is 2.97. The molecule has 1 aliphatic rings. The van der Waals surface area contributed by atoms with E-state index in [0.29, 0.717) is 31.0 Å². The molecule has 0 saturated carbocycles. The predicted molar refractivity (Wildman–Crippen MR) is 106 cm³/mol. The van der Waals surface area contributed by atoms with Gasteiger partial charge >= 0.3 is 0 Å². The molecule has 148 valence electrons. The normalized spacial score (nSPS) is 15.2. The zero-order chi connectivity index (χ0) is 19.9. The highest BCUT2D eigenvalue weighted by atomic mass is 16.6. The van der Waals surface area contributed by atoms with Gasteiger partial charge in [-0.15, -0.1) is 0 Å². The fourth-order valence-corrected chi connectivity index (χ4v) is 2.97. The van der Waals surface area contributed by atoms with E-state index < -0.39 is 0 Å². The number of nitrogens with zero attached hydrogens (tertiary/aromatic N) is 1. The van der Waals surface area contributed by atoms with Gasteiger partial charge in [-0.1, -0.05) is 24.3 Å². The van der Waals surface area contributed by atoms with Gasteiger partial charge in [-0.05, 0) is 36.9 Å². The highest BCUT2D eigenvalue weighted by Crippen LogP contribution is 2.30. The van der Waals surface area contributed by atoms with E-state index in [-0.39, 0.29) is 24.5 Å². The maximum Gasteiger partial charge on any atom is 0.251 e. The number of rotatable bonds is 7. The first-order chi connectivity index (χ1) is 13.5. The molecule has 1 heterocycles. The number of fused-ring (bicyclic) bond motifs is 1. The molecular weight excluding hydrogens is 358 g/mol. The van der Waals surface area contributed by atoms with Crippen molar-refractivity contribution in [3.8, 4) is 11.5 Å². The molecule has 0 aliphatic carbocycles. The van der Waals surface area contributed by atoms with Gasteiger partial charge in [0.2, 0.25) is 5.91 Å². The first-order valence-corrected chi connectivity index (χ1v) is 9.20. The molecule has 7 nitrogen and oxygen atoms in total. The van der Waals surface area contributed by atoms with Crippen LogP contribution in [0.5, 0.6) is 11.5 Å². The Kier molecular flexibility index (Phi) is 6.49. The maximum absolute atomic E-state index is 12.2. The Morgan fingerprint density at radius 1 is 1.11 bits per heavy atom. The van der Waals surface area contributed by atoms with Crippen LogP contribution in [0.25, 0.3) is 0 Å². The molecule has 0 unspecified atom stereocenters. The van der Waals surface area contributed by atoms with Crippen molar-refractivity contribution in [3.05, 3.63) is 59.7 Å². The second kappa shape index (κ2) is 9.23. The molecule has 7 heteroatoms. The van der Waals surface area contributed by atoms with Crippen LogP contribution in [0.1, 0.15) is 15.9 Å². The Hall–Kier alpha value is -3.06. The van der Waals surface area contributed by atoms with Gasteiger partial charge in [0.05, 0.1) is 13.1 Å². The smallest absolute Gasteiger partial charge is 0.251 e. The van der Waals surface area contributed by atoms with Gasteiger partial charge in [0, 0.05) is 19.2 Å². The van der Waals surface area contributed by atoms with E-state index in [0.717, 1.165) is 11.3 Å². The summed E-state index contributed by atoms with van der Waals surface area (Å²) in [6.07, 6.45) is -0.207. The third kappa shape index (κ3) is 5.23. The summed E-state index contributed by atoms with van der Waals surface area (Å²) in [6.45, 7) is 1.67. The molecule has 28 heavy (non-hydrogen) atoms. The van der Waals surface area contributed by atoms with Crippen molar-refractivity contribution in [2.75, 3.05) is 33.8 Å². The van der Waals surface area contributed by atoms with Crippen molar-refractivity contribution in [1.82, 2.24) is 15.5 Å². The monoisotopic (exact) mass is 383 g/mol. The number of carbonyl (C=O) groups excluding carboxylic acids is 2. The molecule has 0 fully saturated rings. The first kappa shape index (κ1) is 19.7. The Bertz CT molecular complexity index is 823. The second-order valence-corrected chi connectivity index (χ2v) is 6.75. The van der Waals surface area contributed by atoms with Crippen LogP contribution in [0.3, 0.4) is 0 Å². The van der Waals surface area contributed by atoms with Crippen molar-refractivity contribution >= 4 is 11.8 Å². The number of hydrogen-bond donors (Lipinski definition) is 2. The number of para-hydroxylation sites is 2. The summed E-state index contributed by atoms with van der Waals surface area (Å²) >= 11 is 0. The Labute approximate surface area is 164 Å². The minimum Gasteiger partial charge on any atom is -0.486 e. The SMILES string of the molecule is CNC(=O)c1ccc(CN(C)CC(=O)NC[C@H]2COc3ccccc3O2)cc1. The number of ether oxygens (including phenoxy) is 2. The lowest BCUT2D eigenvalue weighted by atomic mass is 10.1. The van der Waals surface area contributed by atoms with Gasteiger partial charge in [0.15, 0.2) is 11.5 Å². The Balaban J connectivity index is 1.41. The summed E-state index contributed by atoms with van der Waals surface area (Å²) in [5, 5.41) is 5.49. The lowest BCUT2D eigenvalue weighted by molar-refractivity contribution is -0.122. The van der Waals surface area contributed by atoms with Gasteiger partial charge in [0.1, 0.15) is 12.7 Å².